The van der Waals surface area contributed by atoms with Crippen molar-refractivity contribution >= 4 is 28.6 Å². The van der Waals surface area contributed by atoms with Crippen molar-refractivity contribution in [2.75, 3.05) is 6.54 Å². The Labute approximate surface area is 156 Å². The highest BCUT2D eigenvalue weighted by Gasteiger charge is 2.22. The smallest absolute Gasteiger partial charge is 0.326 e. The number of benzene rings is 2. The minimum atomic E-state index is -0.951. The topological polar surface area (TPSA) is 88.3 Å². The summed E-state index contributed by atoms with van der Waals surface area (Å²) in [5.41, 5.74) is 2.72. The summed E-state index contributed by atoms with van der Waals surface area (Å²) >= 11 is 0. The van der Waals surface area contributed by atoms with Crippen molar-refractivity contribution in [2.24, 2.45) is 0 Å². The van der Waals surface area contributed by atoms with Gasteiger partial charge in [0.05, 0.1) is 0 Å². The molecular weight excluding hydrogens is 344 g/mol. The van der Waals surface area contributed by atoms with Gasteiger partial charge in [-0.2, -0.15) is 0 Å². The van der Waals surface area contributed by atoms with E-state index in [0.717, 1.165) is 16.5 Å². The van der Waals surface area contributed by atoms with Crippen molar-refractivity contribution in [1.29, 1.82) is 0 Å². The number of esters is 1. The summed E-state index contributed by atoms with van der Waals surface area (Å²) in [5, 5.41) is 3.28. The predicted molar refractivity (Wildman–Crippen MR) is 102 cm³/mol. The number of hydrogen-bond acceptors (Lipinski definition) is 4. The molecule has 1 atom stereocenters. The number of amides is 1. The molecule has 0 aliphatic heterocycles. The molecule has 0 unspecified atom stereocenters. The molecule has 6 nitrogen and oxygen atoms in total. The number of aryl methyl sites for hydroxylation is 1. The van der Waals surface area contributed by atoms with Gasteiger partial charge in [-0.25, -0.2) is 0 Å². The molecule has 0 radical (unpaired) electrons. The van der Waals surface area contributed by atoms with Gasteiger partial charge in [0.1, 0.15) is 6.54 Å². The van der Waals surface area contributed by atoms with Gasteiger partial charge in [0.15, 0.2) is 6.10 Å². The first-order valence-electron chi connectivity index (χ1n) is 8.60. The van der Waals surface area contributed by atoms with E-state index in [2.05, 4.69) is 10.3 Å². The van der Waals surface area contributed by atoms with E-state index in [9.17, 15) is 14.4 Å². The van der Waals surface area contributed by atoms with E-state index in [1.807, 2.05) is 37.3 Å². The van der Waals surface area contributed by atoms with E-state index in [0.29, 0.717) is 11.1 Å². The van der Waals surface area contributed by atoms with Gasteiger partial charge in [-0.05, 0) is 32.0 Å². The molecule has 0 spiro atoms. The second-order valence-electron chi connectivity index (χ2n) is 6.30. The number of aromatic amines is 1. The van der Waals surface area contributed by atoms with Gasteiger partial charge >= 0.3 is 5.97 Å². The molecule has 1 aromatic heterocycles. The fourth-order valence-electron chi connectivity index (χ4n) is 2.83. The molecule has 0 saturated heterocycles. The van der Waals surface area contributed by atoms with E-state index in [1.54, 1.807) is 24.4 Å². The lowest BCUT2D eigenvalue weighted by Crippen LogP contribution is -2.34. The molecular formula is C21H20N2O4. The Hall–Kier alpha value is -3.41. The molecule has 0 bridgehead atoms. The van der Waals surface area contributed by atoms with Crippen molar-refractivity contribution in [3.05, 3.63) is 71.4 Å². The van der Waals surface area contributed by atoms with E-state index in [4.69, 9.17) is 4.74 Å². The molecule has 0 aliphatic carbocycles. The number of hydrogen-bond donors (Lipinski definition) is 2. The van der Waals surface area contributed by atoms with Crippen LogP contribution in [-0.4, -0.2) is 35.3 Å². The molecule has 1 heterocycles. The summed E-state index contributed by atoms with van der Waals surface area (Å²) in [7, 11) is 0. The number of Topliss-reactive ketones (excluding diaryl/α,β-unsaturated/α-hetero) is 1. The lowest BCUT2D eigenvalue weighted by Gasteiger charge is -2.12. The minimum absolute atomic E-state index is 0.300. The van der Waals surface area contributed by atoms with Crippen LogP contribution < -0.4 is 5.32 Å². The molecule has 0 saturated carbocycles. The maximum absolute atomic E-state index is 12.6. The molecule has 27 heavy (non-hydrogen) atoms. The molecule has 0 fully saturated rings. The van der Waals surface area contributed by atoms with E-state index >= 15 is 0 Å². The molecule has 0 aliphatic rings. The van der Waals surface area contributed by atoms with Crippen LogP contribution in [0.1, 0.15) is 33.2 Å². The highest BCUT2D eigenvalue weighted by molar-refractivity contribution is 6.10. The quantitative estimate of drug-likeness (QED) is 0.520. The van der Waals surface area contributed by atoms with Crippen molar-refractivity contribution in [2.45, 2.75) is 20.0 Å². The van der Waals surface area contributed by atoms with Gasteiger partial charge in [-0.1, -0.05) is 35.9 Å². The summed E-state index contributed by atoms with van der Waals surface area (Å²) in [4.78, 5) is 39.7. The summed E-state index contributed by atoms with van der Waals surface area (Å²) in [6.07, 6.45) is 0.657. The minimum Gasteiger partial charge on any atom is -0.453 e. The third-order valence-corrected chi connectivity index (χ3v) is 4.21. The summed E-state index contributed by atoms with van der Waals surface area (Å²) in [5.74, 6) is -1.34. The number of rotatable bonds is 6. The lowest BCUT2D eigenvalue weighted by molar-refractivity contribution is -0.145. The zero-order valence-corrected chi connectivity index (χ0v) is 15.1. The number of carbonyl (C=O) groups is 3. The van der Waals surface area contributed by atoms with Crippen LogP contribution >= 0.6 is 0 Å². The fraction of sp³-hybridized carbons (Fsp3) is 0.190. The van der Waals surface area contributed by atoms with Crippen LogP contribution in [0.2, 0.25) is 0 Å². The maximum atomic E-state index is 12.6. The third-order valence-electron chi connectivity index (χ3n) is 4.21. The Morgan fingerprint density at radius 1 is 1.11 bits per heavy atom. The second kappa shape index (κ2) is 7.86. The first-order valence-corrected chi connectivity index (χ1v) is 8.60. The lowest BCUT2D eigenvalue weighted by atomic mass is 10.1. The Bertz CT molecular complexity index is 1010. The number of ether oxygens (including phenoxy) is 1. The van der Waals surface area contributed by atoms with Crippen LogP contribution in [0.3, 0.4) is 0 Å². The molecule has 3 aromatic rings. The van der Waals surface area contributed by atoms with Gasteiger partial charge in [-0.3, -0.25) is 14.4 Å². The van der Waals surface area contributed by atoms with E-state index in [1.165, 1.54) is 6.92 Å². The largest absolute Gasteiger partial charge is 0.453 e. The van der Waals surface area contributed by atoms with Crippen molar-refractivity contribution in [1.82, 2.24) is 10.3 Å². The number of ketones is 1. The second-order valence-corrected chi connectivity index (χ2v) is 6.30. The zero-order valence-electron chi connectivity index (χ0n) is 15.1. The first-order chi connectivity index (χ1) is 13.0. The van der Waals surface area contributed by atoms with Crippen LogP contribution in [0.5, 0.6) is 0 Å². The summed E-state index contributed by atoms with van der Waals surface area (Å²) in [6.45, 7) is 3.09. The average molecular weight is 364 g/mol. The molecule has 3 rings (SSSR count). The highest BCUT2D eigenvalue weighted by atomic mass is 16.5. The number of carbonyl (C=O) groups excluding carboxylic acids is 3. The van der Waals surface area contributed by atoms with Gasteiger partial charge in [0.25, 0.3) is 5.91 Å². The number of aromatic nitrogens is 1. The van der Waals surface area contributed by atoms with Gasteiger partial charge < -0.3 is 15.0 Å². The Kier molecular flexibility index (Phi) is 5.35. The number of H-pyrrole nitrogens is 1. The zero-order chi connectivity index (χ0) is 19.4. The standard InChI is InChI=1S/C21H20N2O4/c1-13-6-5-7-15(10-13)21(26)23-12-19(24)27-14(2)20(25)17-11-22-18-9-4-3-8-16(17)18/h3-11,14,22H,12H2,1-2H3,(H,23,26)/t14-/m0/s1. The Balaban J connectivity index is 1.57. The SMILES string of the molecule is Cc1cccc(C(=O)NCC(=O)O[C@@H](C)C(=O)c2c[nH]c3ccccc23)c1. The van der Waals surface area contributed by atoms with Crippen LogP contribution in [0, 0.1) is 6.92 Å². The molecule has 138 valence electrons. The van der Waals surface area contributed by atoms with Crippen LogP contribution in [-0.2, 0) is 9.53 Å². The van der Waals surface area contributed by atoms with E-state index in [-0.39, 0.29) is 18.2 Å². The summed E-state index contributed by atoms with van der Waals surface area (Å²) in [6, 6.07) is 14.4. The maximum Gasteiger partial charge on any atom is 0.326 e. The highest BCUT2D eigenvalue weighted by Crippen LogP contribution is 2.19. The van der Waals surface area contributed by atoms with Crippen LogP contribution in [0.25, 0.3) is 10.9 Å². The van der Waals surface area contributed by atoms with Crippen LogP contribution in [0.4, 0.5) is 0 Å². The average Bonchev–Trinajstić information content (AvgIpc) is 3.09. The van der Waals surface area contributed by atoms with Gasteiger partial charge in [0.2, 0.25) is 5.78 Å². The van der Waals surface area contributed by atoms with E-state index < -0.39 is 12.1 Å². The Morgan fingerprint density at radius 2 is 1.89 bits per heavy atom. The normalized spacial score (nSPS) is 11.8. The van der Waals surface area contributed by atoms with Gasteiger partial charge in [-0.15, -0.1) is 0 Å². The Morgan fingerprint density at radius 3 is 2.67 bits per heavy atom. The number of fused-ring (bicyclic) bond motifs is 1. The molecule has 2 N–H and O–H groups in total. The number of nitrogens with one attached hydrogen (secondary N) is 2. The summed E-state index contributed by atoms with van der Waals surface area (Å²) < 4.78 is 5.18. The van der Waals surface area contributed by atoms with Crippen molar-refractivity contribution in [3.8, 4) is 0 Å². The number of para-hydroxylation sites is 1. The van der Waals surface area contributed by atoms with Crippen molar-refractivity contribution in [3.63, 3.8) is 0 Å². The van der Waals surface area contributed by atoms with Crippen LogP contribution in [0.15, 0.2) is 54.7 Å². The van der Waals surface area contributed by atoms with Gasteiger partial charge in [0, 0.05) is 28.2 Å². The molecule has 1 amide bonds. The third kappa shape index (κ3) is 4.23. The predicted octanol–water partition coefficient (Wildman–Crippen LogP) is 3.02. The van der Waals surface area contributed by atoms with Crippen molar-refractivity contribution < 1.29 is 19.1 Å². The molecule has 2 aromatic carbocycles. The first kappa shape index (κ1) is 18.4. The molecule has 6 heteroatoms. The monoisotopic (exact) mass is 364 g/mol. The fourth-order valence-corrected chi connectivity index (χ4v) is 2.83.